The molecule has 2 aromatic carbocycles. The zero-order valence-corrected chi connectivity index (χ0v) is 9.31. The van der Waals surface area contributed by atoms with Crippen LogP contribution in [0, 0.1) is 0 Å². The number of hydrogen-bond acceptors (Lipinski definition) is 1. The Balaban J connectivity index is 1.98. The second-order valence-electron chi connectivity index (χ2n) is 4.43. The Kier molecular flexibility index (Phi) is 2.08. The Hall–Kier alpha value is -1.60. The van der Waals surface area contributed by atoms with E-state index in [1.165, 1.54) is 16.3 Å². The molecule has 1 nitrogen and oxygen atoms in total. The van der Waals surface area contributed by atoms with Gasteiger partial charge in [0.1, 0.15) is 12.2 Å². The molecule has 0 N–H and O–H groups in total. The maximum atomic E-state index is 5.61. The van der Waals surface area contributed by atoms with Crippen molar-refractivity contribution >= 4 is 10.8 Å². The molecule has 0 amide bonds. The highest BCUT2D eigenvalue weighted by atomic mass is 16.6. The molecule has 1 aliphatic rings. The third-order valence-corrected chi connectivity index (χ3v) is 3.08. The number of benzene rings is 2. The van der Waals surface area contributed by atoms with Gasteiger partial charge in [0.25, 0.3) is 0 Å². The SMILES string of the molecule is C=C(C)[C@@H]1O[C@H]1c1ccc2ccccc2c1. The van der Waals surface area contributed by atoms with Crippen molar-refractivity contribution in [3.05, 3.63) is 60.2 Å². The lowest BCUT2D eigenvalue weighted by molar-refractivity contribution is 0.389. The minimum Gasteiger partial charge on any atom is -0.360 e. The summed E-state index contributed by atoms with van der Waals surface area (Å²) in [5.41, 5.74) is 2.37. The summed E-state index contributed by atoms with van der Waals surface area (Å²) in [6, 6.07) is 14.9. The molecule has 16 heavy (non-hydrogen) atoms. The number of epoxide rings is 1. The molecule has 0 radical (unpaired) electrons. The van der Waals surface area contributed by atoms with Crippen molar-refractivity contribution in [2.45, 2.75) is 19.1 Å². The van der Waals surface area contributed by atoms with E-state index in [0.29, 0.717) is 0 Å². The van der Waals surface area contributed by atoms with Gasteiger partial charge < -0.3 is 4.74 Å². The Morgan fingerprint density at radius 2 is 1.88 bits per heavy atom. The molecule has 1 fully saturated rings. The molecule has 3 rings (SSSR count). The second kappa shape index (κ2) is 3.46. The lowest BCUT2D eigenvalue weighted by atomic mass is 10.0. The van der Waals surface area contributed by atoms with Gasteiger partial charge in [0.15, 0.2) is 0 Å². The topological polar surface area (TPSA) is 12.5 Å². The van der Waals surface area contributed by atoms with Gasteiger partial charge in [-0.05, 0) is 34.9 Å². The summed E-state index contributed by atoms with van der Waals surface area (Å²) in [6.07, 6.45) is 0.447. The van der Waals surface area contributed by atoms with Gasteiger partial charge in [0, 0.05) is 0 Å². The molecule has 0 bridgehead atoms. The van der Waals surface area contributed by atoms with Crippen LogP contribution in [-0.4, -0.2) is 6.10 Å². The Morgan fingerprint density at radius 3 is 2.56 bits per heavy atom. The van der Waals surface area contributed by atoms with Crippen molar-refractivity contribution in [3.8, 4) is 0 Å². The van der Waals surface area contributed by atoms with Crippen LogP contribution < -0.4 is 0 Å². The second-order valence-corrected chi connectivity index (χ2v) is 4.43. The van der Waals surface area contributed by atoms with E-state index >= 15 is 0 Å². The van der Waals surface area contributed by atoms with Crippen LogP contribution in [0.25, 0.3) is 10.8 Å². The first-order valence-electron chi connectivity index (χ1n) is 5.55. The largest absolute Gasteiger partial charge is 0.360 e. The van der Waals surface area contributed by atoms with E-state index in [1.807, 2.05) is 6.92 Å². The smallest absolute Gasteiger partial charge is 0.113 e. The molecular formula is C15H14O. The number of hydrogen-bond donors (Lipinski definition) is 0. The van der Waals surface area contributed by atoms with E-state index in [0.717, 1.165) is 5.57 Å². The molecule has 0 aliphatic carbocycles. The molecule has 2 atom stereocenters. The molecule has 1 heterocycles. The van der Waals surface area contributed by atoms with Gasteiger partial charge >= 0.3 is 0 Å². The Bertz CT molecular complexity index is 556. The van der Waals surface area contributed by atoms with E-state index in [9.17, 15) is 0 Å². The van der Waals surface area contributed by atoms with E-state index in [-0.39, 0.29) is 12.2 Å². The van der Waals surface area contributed by atoms with Gasteiger partial charge in [-0.2, -0.15) is 0 Å². The normalized spacial score (nSPS) is 23.3. The Morgan fingerprint density at radius 1 is 1.12 bits per heavy atom. The summed E-state index contributed by atoms with van der Waals surface area (Å²) >= 11 is 0. The third kappa shape index (κ3) is 1.54. The summed E-state index contributed by atoms with van der Waals surface area (Å²) in [5.74, 6) is 0. The summed E-state index contributed by atoms with van der Waals surface area (Å²) < 4.78 is 5.61. The lowest BCUT2D eigenvalue weighted by Gasteiger charge is -2.00. The highest BCUT2D eigenvalue weighted by Crippen LogP contribution is 2.42. The van der Waals surface area contributed by atoms with Crippen molar-refractivity contribution in [2.24, 2.45) is 0 Å². The molecule has 1 aliphatic heterocycles. The number of fused-ring (bicyclic) bond motifs is 1. The summed E-state index contributed by atoms with van der Waals surface area (Å²) in [5, 5.41) is 2.55. The fraction of sp³-hybridized carbons (Fsp3) is 0.200. The zero-order valence-electron chi connectivity index (χ0n) is 9.31. The fourth-order valence-corrected chi connectivity index (χ4v) is 2.13. The van der Waals surface area contributed by atoms with Crippen molar-refractivity contribution < 1.29 is 4.74 Å². The van der Waals surface area contributed by atoms with Crippen molar-refractivity contribution in [2.75, 3.05) is 0 Å². The van der Waals surface area contributed by atoms with E-state index in [1.54, 1.807) is 0 Å². The molecule has 0 saturated carbocycles. The molecule has 0 unspecified atom stereocenters. The highest BCUT2D eigenvalue weighted by Gasteiger charge is 2.40. The quantitative estimate of drug-likeness (QED) is 0.541. The maximum Gasteiger partial charge on any atom is 0.113 e. The molecule has 1 heteroatoms. The third-order valence-electron chi connectivity index (χ3n) is 3.08. The average Bonchev–Trinajstić information content (AvgIpc) is 3.08. The van der Waals surface area contributed by atoms with Crippen LogP contribution in [0.2, 0.25) is 0 Å². The maximum absolute atomic E-state index is 5.61. The van der Waals surface area contributed by atoms with Crippen LogP contribution in [0.1, 0.15) is 18.6 Å². The number of ether oxygens (including phenoxy) is 1. The van der Waals surface area contributed by atoms with Crippen LogP contribution >= 0.6 is 0 Å². The van der Waals surface area contributed by atoms with Crippen LogP contribution in [0.3, 0.4) is 0 Å². The van der Waals surface area contributed by atoms with Gasteiger partial charge in [-0.25, -0.2) is 0 Å². The molecule has 0 aromatic heterocycles. The van der Waals surface area contributed by atoms with Crippen LogP contribution in [0.15, 0.2) is 54.6 Å². The summed E-state index contributed by atoms with van der Waals surface area (Å²) in [4.78, 5) is 0. The first kappa shape index (κ1) is 9.61. The average molecular weight is 210 g/mol. The molecule has 1 saturated heterocycles. The van der Waals surface area contributed by atoms with E-state index in [2.05, 4.69) is 49.0 Å². The zero-order chi connectivity index (χ0) is 11.1. The fourth-order valence-electron chi connectivity index (χ4n) is 2.13. The predicted octanol–water partition coefficient (Wildman–Crippen LogP) is 3.86. The Labute approximate surface area is 95.4 Å². The first-order chi connectivity index (χ1) is 7.75. The first-order valence-corrected chi connectivity index (χ1v) is 5.55. The van der Waals surface area contributed by atoms with Gasteiger partial charge in [0.05, 0.1) is 0 Å². The van der Waals surface area contributed by atoms with E-state index < -0.39 is 0 Å². The van der Waals surface area contributed by atoms with Crippen molar-refractivity contribution in [1.82, 2.24) is 0 Å². The highest BCUT2D eigenvalue weighted by molar-refractivity contribution is 5.83. The van der Waals surface area contributed by atoms with Crippen molar-refractivity contribution in [3.63, 3.8) is 0 Å². The van der Waals surface area contributed by atoms with Crippen LogP contribution in [0.4, 0.5) is 0 Å². The van der Waals surface area contributed by atoms with Gasteiger partial charge in [-0.1, -0.05) is 43.0 Å². The van der Waals surface area contributed by atoms with Crippen LogP contribution in [0.5, 0.6) is 0 Å². The predicted molar refractivity (Wildman–Crippen MR) is 66.4 cm³/mol. The number of rotatable bonds is 2. The minimum atomic E-state index is 0.223. The van der Waals surface area contributed by atoms with Crippen molar-refractivity contribution in [1.29, 1.82) is 0 Å². The monoisotopic (exact) mass is 210 g/mol. The molecule has 0 spiro atoms. The van der Waals surface area contributed by atoms with Crippen LogP contribution in [-0.2, 0) is 4.74 Å². The van der Waals surface area contributed by atoms with Gasteiger partial charge in [0.2, 0.25) is 0 Å². The lowest BCUT2D eigenvalue weighted by Crippen LogP contribution is -1.89. The van der Waals surface area contributed by atoms with Gasteiger partial charge in [-0.3, -0.25) is 0 Å². The van der Waals surface area contributed by atoms with Gasteiger partial charge in [-0.15, -0.1) is 0 Å². The van der Waals surface area contributed by atoms with E-state index in [4.69, 9.17) is 4.74 Å². The minimum absolute atomic E-state index is 0.223. The molecule has 2 aromatic rings. The summed E-state index contributed by atoms with van der Waals surface area (Å²) in [7, 11) is 0. The standard InChI is InChI=1S/C15H14O/c1-10(2)14-15(16-14)13-8-7-11-5-3-4-6-12(11)9-13/h3-9,14-15H,1H2,2H3/t14-,15-/m0/s1. The molecule has 80 valence electrons. The summed E-state index contributed by atoms with van der Waals surface area (Å²) in [6.45, 7) is 5.95. The molecular weight excluding hydrogens is 196 g/mol.